The predicted octanol–water partition coefficient (Wildman–Crippen LogP) is 5.58. The van der Waals surface area contributed by atoms with Gasteiger partial charge in [0.15, 0.2) is 0 Å². The second-order valence-electron chi connectivity index (χ2n) is 10.7. The quantitative estimate of drug-likeness (QED) is 0.231. The molecule has 1 N–H and O–H groups in total. The van der Waals surface area contributed by atoms with Gasteiger partial charge in [0, 0.05) is 19.5 Å². The van der Waals surface area contributed by atoms with Gasteiger partial charge in [0.2, 0.25) is 11.8 Å². The molecule has 0 heterocycles. The Labute approximate surface area is 255 Å². The standard InChI is InChI=1S/C35H39N3O4S/c1-5-36-35(40)33(23-29-12-7-6-8-13-29)37(24-30-14-10-9-11-28(30)4)34(39)25-38(31-19-15-26(2)16-20-31)43(41,42)32-21-17-27(3)18-22-32/h6-22,33H,5,23-25H2,1-4H3,(H,36,40)/t33-/m0/s1. The number of carbonyl (C=O) groups excluding carboxylic acids is 2. The Morgan fingerprint density at radius 2 is 1.35 bits per heavy atom. The molecule has 0 aromatic heterocycles. The fourth-order valence-electron chi connectivity index (χ4n) is 4.89. The normalized spacial score (nSPS) is 11.9. The Morgan fingerprint density at radius 1 is 0.767 bits per heavy atom. The van der Waals surface area contributed by atoms with E-state index in [2.05, 4.69) is 5.32 Å². The van der Waals surface area contributed by atoms with Crippen LogP contribution >= 0.6 is 0 Å². The van der Waals surface area contributed by atoms with Gasteiger partial charge in [-0.2, -0.15) is 0 Å². The molecule has 1 atom stereocenters. The molecule has 0 aliphatic heterocycles. The van der Waals surface area contributed by atoms with Crippen molar-refractivity contribution in [2.45, 2.75) is 51.6 Å². The van der Waals surface area contributed by atoms with Crippen molar-refractivity contribution in [3.05, 3.63) is 131 Å². The number of nitrogens with one attached hydrogen (secondary N) is 1. The van der Waals surface area contributed by atoms with Gasteiger partial charge in [0.05, 0.1) is 10.6 Å². The number of sulfonamides is 1. The summed E-state index contributed by atoms with van der Waals surface area (Å²) in [5.41, 5.74) is 4.99. The van der Waals surface area contributed by atoms with Crippen molar-refractivity contribution in [3.63, 3.8) is 0 Å². The topological polar surface area (TPSA) is 86.8 Å². The summed E-state index contributed by atoms with van der Waals surface area (Å²) in [7, 11) is -4.12. The number of benzene rings is 4. The first-order valence-electron chi connectivity index (χ1n) is 14.4. The number of rotatable bonds is 12. The molecular weight excluding hydrogens is 558 g/mol. The van der Waals surface area contributed by atoms with Crippen LogP contribution in [0.5, 0.6) is 0 Å². The predicted molar refractivity (Wildman–Crippen MR) is 171 cm³/mol. The minimum Gasteiger partial charge on any atom is -0.355 e. The molecule has 4 aromatic carbocycles. The first-order valence-corrected chi connectivity index (χ1v) is 15.9. The highest BCUT2D eigenvalue weighted by atomic mass is 32.2. The van der Waals surface area contributed by atoms with Gasteiger partial charge in [-0.25, -0.2) is 8.42 Å². The summed E-state index contributed by atoms with van der Waals surface area (Å²) in [6, 6.07) is 30.0. The molecule has 4 rings (SSSR count). The summed E-state index contributed by atoms with van der Waals surface area (Å²) in [4.78, 5) is 29.6. The number of aryl methyl sites for hydroxylation is 3. The fraction of sp³-hybridized carbons (Fsp3) is 0.257. The molecule has 0 bridgehead atoms. The molecule has 7 nitrogen and oxygen atoms in total. The molecule has 0 aliphatic rings. The van der Waals surface area contributed by atoms with E-state index in [1.54, 1.807) is 36.4 Å². The first kappa shape index (κ1) is 31.5. The molecule has 0 fully saturated rings. The van der Waals surface area contributed by atoms with E-state index >= 15 is 0 Å². The summed E-state index contributed by atoms with van der Waals surface area (Å²) in [5.74, 6) is -0.775. The zero-order chi connectivity index (χ0) is 31.0. The maximum absolute atomic E-state index is 14.4. The molecule has 0 spiro atoms. The molecular formula is C35H39N3O4S. The highest BCUT2D eigenvalue weighted by Gasteiger charge is 2.34. The second kappa shape index (κ2) is 14.2. The van der Waals surface area contributed by atoms with Gasteiger partial charge in [0.25, 0.3) is 10.0 Å². The highest BCUT2D eigenvalue weighted by Crippen LogP contribution is 2.26. The van der Waals surface area contributed by atoms with E-state index in [-0.39, 0.29) is 23.8 Å². The van der Waals surface area contributed by atoms with Crippen LogP contribution in [0, 0.1) is 20.8 Å². The van der Waals surface area contributed by atoms with Gasteiger partial charge in [-0.1, -0.05) is 90.0 Å². The van der Waals surface area contributed by atoms with Crippen LogP contribution in [0.25, 0.3) is 0 Å². The third kappa shape index (κ3) is 7.90. The number of hydrogen-bond acceptors (Lipinski definition) is 4. The Kier molecular flexibility index (Phi) is 10.4. The molecule has 4 aromatic rings. The largest absolute Gasteiger partial charge is 0.355 e. The zero-order valence-electron chi connectivity index (χ0n) is 25.2. The Hall–Kier alpha value is -4.43. The van der Waals surface area contributed by atoms with Gasteiger partial charge >= 0.3 is 0 Å². The third-order valence-electron chi connectivity index (χ3n) is 7.43. The minimum absolute atomic E-state index is 0.0847. The molecule has 2 amide bonds. The average Bonchev–Trinajstić information content (AvgIpc) is 3.00. The first-order chi connectivity index (χ1) is 20.6. The molecule has 43 heavy (non-hydrogen) atoms. The summed E-state index contributed by atoms with van der Waals surface area (Å²) < 4.78 is 29.3. The van der Waals surface area contributed by atoms with E-state index < -0.39 is 28.5 Å². The van der Waals surface area contributed by atoms with E-state index in [1.807, 2.05) is 94.4 Å². The van der Waals surface area contributed by atoms with E-state index in [1.165, 1.54) is 4.90 Å². The maximum Gasteiger partial charge on any atom is 0.264 e. The van der Waals surface area contributed by atoms with Crippen molar-refractivity contribution in [1.29, 1.82) is 0 Å². The van der Waals surface area contributed by atoms with E-state index in [9.17, 15) is 18.0 Å². The Bertz CT molecular complexity index is 1640. The van der Waals surface area contributed by atoms with Crippen LogP contribution in [0.1, 0.15) is 34.7 Å². The molecule has 0 saturated carbocycles. The lowest BCUT2D eigenvalue weighted by Gasteiger charge is -2.34. The van der Waals surface area contributed by atoms with E-state index in [0.29, 0.717) is 12.2 Å². The lowest BCUT2D eigenvalue weighted by atomic mass is 10.0. The van der Waals surface area contributed by atoms with Gasteiger partial charge in [-0.3, -0.25) is 13.9 Å². The van der Waals surface area contributed by atoms with Crippen LogP contribution in [0.4, 0.5) is 5.69 Å². The second-order valence-corrected chi connectivity index (χ2v) is 12.6. The summed E-state index contributed by atoms with van der Waals surface area (Å²) in [5, 5.41) is 2.89. The zero-order valence-corrected chi connectivity index (χ0v) is 26.0. The van der Waals surface area contributed by atoms with Gasteiger partial charge in [-0.05, 0) is 68.7 Å². The Balaban J connectivity index is 1.80. The molecule has 0 radical (unpaired) electrons. The van der Waals surface area contributed by atoms with Crippen molar-refractivity contribution < 1.29 is 18.0 Å². The van der Waals surface area contributed by atoms with Crippen LogP contribution in [-0.4, -0.2) is 44.3 Å². The van der Waals surface area contributed by atoms with Crippen LogP contribution in [0.2, 0.25) is 0 Å². The van der Waals surface area contributed by atoms with Crippen LogP contribution < -0.4 is 9.62 Å². The van der Waals surface area contributed by atoms with Crippen molar-refractivity contribution in [2.75, 3.05) is 17.4 Å². The number of anilines is 1. The third-order valence-corrected chi connectivity index (χ3v) is 9.22. The number of likely N-dealkylation sites (N-methyl/N-ethyl adjacent to an activating group) is 1. The summed E-state index contributed by atoms with van der Waals surface area (Å²) >= 11 is 0. The van der Waals surface area contributed by atoms with Crippen LogP contribution in [0.15, 0.2) is 108 Å². The number of nitrogens with zero attached hydrogens (tertiary/aromatic N) is 2. The minimum atomic E-state index is -4.12. The van der Waals surface area contributed by atoms with Crippen molar-refractivity contribution >= 4 is 27.5 Å². The SMILES string of the molecule is CCNC(=O)[C@H](Cc1ccccc1)N(Cc1ccccc1C)C(=O)CN(c1ccc(C)cc1)S(=O)(=O)c1ccc(C)cc1. The molecule has 8 heteroatoms. The molecule has 0 aliphatic carbocycles. The van der Waals surface area contributed by atoms with Gasteiger partial charge in [0.1, 0.15) is 12.6 Å². The van der Waals surface area contributed by atoms with E-state index in [0.717, 1.165) is 32.1 Å². The Morgan fingerprint density at radius 3 is 1.95 bits per heavy atom. The number of hydrogen-bond donors (Lipinski definition) is 1. The van der Waals surface area contributed by atoms with Gasteiger partial charge in [-0.15, -0.1) is 0 Å². The molecule has 224 valence electrons. The molecule has 0 saturated heterocycles. The summed E-state index contributed by atoms with van der Waals surface area (Å²) in [6.45, 7) is 7.65. The molecule has 0 unspecified atom stereocenters. The van der Waals surface area contributed by atoms with Crippen molar-refractivity contribution in [1.82, 2.24) is 10.2 Å². The number of carbonyl (C=O) groups is 2. The summed E-state index contributed by atoms with van der Waals surface area (Å²) in [6.07, 6.45) is 0.277. The maximum atomic E-state index is 14.4. The van der Waals surface area contributed by atoms with Gasteiger partial charge < -0.3 is 10.2 Å². The van der Waals surface area contributed by atoms with E-state index in [4.69, 9.17) is 0 Å². The highest BCUT2D eigenvalue weighted by molar-refractivity contribution is 7.92. The lowest BCUT2D eigenvalue weighted by molar-refractivity contribution is -0.140. The van der Waals surface area contributed by atoms with Crippen LogP contribution in [0.3, 0.4) is 0 Å². The van der Waals surface area contributed by atoms with Crippen LogP contribution in [-0.2, 0) is 32.6 Å². The van der Waals surface area contributed by atoms with Crippen molar-refractivity contribution in [2.24, 2.45) is 0 Å². The van der Waals surface area contributed by atoms with Crippen molar-refractivity contribution in [3.8, 4) is 0 Å². The fourth-order valence-corrected chi connectivity index (χ4v) is 6.31. The lowest BCUT2D eigenvalue weighted by Crippen LogP contribution is -2.53. The number of amides is 2. The monoisotopic (exact) mass is 597 g/mol. The smallest absolute Gasteiger partial charge is 0.264 e. The average molecular weight is 598 g/mol.